The van der Waals surface area contributed by atoms with E-state index in [9.17, 15) is 33.6 Å². The van der Waals surface area contributed by atoms with Gasteiger partial charge in [-0.15, -0.1) is 0 Å². The van der Waals surface area contributed by atoms with Crippen LogP contribution in [-0.2, 0) is 54.6 Å². The van der Waals surface area contributed by atoms with Gasteiger partial charge >= 0.3 is 6.03 Å². The van der Waals surface area contributed by atoms with E-state index in [1.807, 2.05) is 84.0 Å². The summed E-state index contributed by atoms with van der Waals surface area (Å²) in [5, 5.41) is 24.2. The van der Waals surface area contributed by atoms with Gasteiger partial charge in [0.15, 0.2) is 0 Å². The number of urea groups is 1. The lowest BCUT2D eigenvalue weighted by Gasteiger charge is -2.42. The molecule has 394 valence electrons. The number of nitrogens with one attached hydrogen (secondary N) is 8. The maximum Gasteiger partial charge on any atom is 0.319 e. The molecule has 17 heteroatoms. The molecule has 0 saturated carbocycles. The Morgan fingerprint density at radius 3 is 1.59 bits per heavy atom. The van der Waals surface area contributed by atoms with E-state index < -0.39 is 71.0 Å². The number of amides is 8. The first-order chi connectivity index (χ1) is 34.6. The lowest BCUT2D eigenvalue weighted by atomic mass is 9.83. The lowest BCUT2D eigenvalue weighted by molar-refractivity contribution is -0.147. The minimum absolute atomic E-state index is 0.0192. The summed E-state index contributed by atoms with van der Waals surface area (Å²) in [5.74, 6) is -2.14. The van der Waals surface area contributed by atoms with Crippen LogP contribution in [0.1, 0.15) is 133 Å². The summed E-state index contributed by atoms with van der Waals surface area (Å²) in [6, 6.07) is 15.0. The van der Waals surface area contributed by atoms with E-state index in [1.54, 1.807) is 45.0 Å². The number of aryl methyl sites for hydroxylation is 2. The minimum Gasteiger partial charge on any atom is -0.347 e. The molecule has 2 heterocycles. The summed E-state index contributed by atoms with van der Waals surface area (Å²) in [6.07, 6.45) is 5.51. The molecule has 4 aliphatic rings. The molecular formula is C56H78N10O7. The average molecular weight is 1000 g/mol. The second kappa shape index (κ2) is 22.8. The average Bonchev–Trinajstić information content (AvgIpc) is 3.78. The van der Waals surface area contributed by atoms with Gasteiger partial charge in [-0.25, -0.2) is 4.79 Å². The van der Waals surface area contributed by atoms with Gasteiger partial charge in [-0.3, -0.25) is 28.8 Å². The Morgan fingerprint density at radius 2 is 1.08 bits per heavy atom. The quantitative estimate of drug-likeness (QED) is 0.112. The van der Waals surface area contributed by atoms with E-state index >= 15 is 0 Å². The molecule has 0 radical (unpaired) electrons. The van der Waals surface area contributed by atoms with Crippen molar-refractivity contribution in [2.75, 3.05) is 26.0 Å². The van der Waals surface area contributed by atoms with Crippen LogP contribution in [0.25, 0.3) is 0 Å². The Kier molecular flexibility index (Phi) is 17.0. The minimum atomic E-state index is -0.975. The van der Waals surface area contributed by atoms with Crippen molar-refractivity contribution in [3.63, 3.8) is 0 Å². The number of rotatable bonds is 14. The van der Waals surface area contributed by atoms with Crippen LogP contribution in [0.3, 0.4) is 0 Å². The van der Waals surface area contributed by atoms with Crippen LogP contribution in [-0.4, -0.2) is 114 Å². The van der Waals surface area contributed by atoms with Gasteiger partial charge < -0.3 is 52.3 Å². The molecule has 0 bridgehead atoms. The molecule has 2 aliphatic heterocycles. The highest BCUT2D eigenvalue weighted by atomic mass is 16.2. The zero-order valence-electron chi connectivity index (χ0n) is 44.4. The molecule has 1 fully saturated rings. The molecule has 0 spiro atoms. The van der Waals surface area contributed by atoms with Crippen molar-refractivity contribution in [2.45, 2.75) is 168 Å². The number of carbonyl (C=O) groups excluding carboxylic acids is 7. The third kappa shape index (κ3) is 12.7. The number of fused-ring (bicyclic) bond motifs is 3. The second-order valence-electron chi connectivity index (χ2n) is 22.6. The number of benzene rings is 3. The van der Waals surface area contributed by atoms with Gasteiger partial charge in [0.2, 0.25) is 35.4 Å². The van der Waals surface area contributed by atoms with Gasteiger partial charge in [0.1, 0.15) is 24.2 Å². The highest BCUT2D eigenvalue weighted by Gasteiger charge is 2.47. The molecule has 1 saturated heterocycles. The van der Waals surface area contributed by atoms with Gasteiger partial charge in [0.05, 0.1) is 30.2 Å². The van der Waals surface area contributed by atoms with Crippen LogP contribution in [0.2, 0.25) is 0 Å². The standard InChI is InChI=1S/C56H78N10O7/c1-32(57-9)48(67)63-46(55(3,4)5)52(71)65-30-37-27-38(26-25-36(37)28-44(65)50(69)61-42-23-15-19-34-17-11-13-21-40(34)42)59-54(73)60-39-29-45(51(70)62-43-24-16-20-35-18-12-14-22-41(35)43)66(31-39)53(72)47(56(6,7)8)64-49(68)33(2)58-10/h11-14,17-18,21-22,25-27,32-33,39,42-47,57-58H,15-16,19-20,23-24,28-31H2,1-10H3,(H,61,69)(H,62,70)(H,63,67)(H,64,68)(H2,59,60,73)/t32-,33-,39-,42?,43+,44-,45-,46?,47+/m0/s1. The smallest absolute Gasteiger partial charge is 0.319 e. The molecule has 8 N–H and O–H groups in total. The molecule has 8 amide bonds. The van der Waals surface area contributed by atoms with Crippen LogP contribution in [0.15, 0.2) is 66.7 Å². The van der Waals surface area contributed by atoms with E-state index in [0.717, 1.165) is 60.8 Å². The van der Waals surface area contributed by atoms with Crippen molar-refractivity contribution >= 4 is 47.2 Å². The third-order valence-corrected chi connectivity index (χ3v) is 15.2. The van der Waals surface area contributed by atoms with Crippen LogP contribution in [0.5, 0.6) is 0 Å². The topological polar surface area (TPSA) is 222 Å². The first-order valence-corrected chi connectivity index (χ1v) is 26.1. The molecule has 2 unspecified atom stereocenters. The predicted octanol–water partition coefficient (Wildman–Crippen LogP) is 4.70. The van der Waals surface area contributed by atoms with Crippen molar-refractivity contribution in [2.24, 2.45) is 10.8 Å². The van der Waals surface area contributed by atoms with Gasteiger partial charge in [0, 0.05) is 25.2 Å². The summed E-state index contributed by atoms with van der Waals surface area (Å²) in [4.78, 5) is 102. The first-order valence-electron chi connectivity index (χ1n) is 26.1. The highest BCUT2D eigenvalue weighted by molar-refractivity contribution is 5.96. The number of likely N-dealkylation sites (tertiary alicyclic amines) is 1. The van der Waals surface area contributed by atoms with Gasteiger partial charge in [-0.2, -0.15) is 0 Å². The molecule has 2 aliphatic carbocycles. The maximum absolute atomic E-state index is 14.9. The van der Waals surface area contributed by atoms with E-state index in [-0.39, 0.29) is 61.6 Å². The Hall–Kier alpha value is -6.33. The Morgan fingerprint density at radius 1 is 0.589 bits per heavy atom. The molecular weight excluding hydrogens is 925 g/mol. The largest absolute Gasteiger partial charge is 0.347 e. The number of hydrogen-bond donors (Lipinski definition) is 8. The SMILES string of the molecule is CN[C@@H](C)C(=O)NC(C(=O)N1Cc2cc(NC(=O)N[C@H]3C[C@@H](C(=O)N[C@@H]4CCCc5ccccc54)N(C(=O)[C@@H](NC(=O)[C@H](C)NC)C(C)(C)C)C3)ccc2C[C@H]1C(=O)NC1CCCc2ccccc21)C(C)(C)C. The van der Waals surface area contributed by atoms with E-state index in [0.29, 0.717) is 5.69 Å². The summed E-state index contributed by atoms with van der Waals surface area (Å²) in [5.41, 5.74) is 5.04. The first kappa shape index (κ1) is 54.4. The zero-order chi connectivity index (χ0) is 52.9. The van der Waals surface area contributed by atoms with Crippen LogP contribution >= 0.6 is 0 Å². The van der Waals surface area contributed by atoms with E-state index in [4.69, 9.17) is 0 Å². The van der Waals surface area contributed by atoms with Crippen LogP contribution < -0.4 is 42.5 Å². The van der Waals surface area contributed by atoms with E-state index in [1.165, 1.54) is 16.0 Å². The molecule has 17 nitrogen and oxygen atoms in total. The van der Waals surface area contributed by atoms with E-state index in [2.05, 4.69) is 54.7 Å². The van der Waals surface area contributed by atoms with Gasteiger partial charge in [-0.1, -0.05) is 96.1 Å². The van der Waals surface area contributed by atoms with Crippen molar-refractivity contribution < 1.29 is 33.6 Å². The summed E-state index contributed by atoms with van der Waals surface area (Å²) in [6.45, 7) is 14.7. The number of anilines is 1. The van der Waals surface area contributed by atoms with Crippen molar-refractivity contribution in [1.82, 2.24) is 47.0 Å². The molecule has 3 aromatic carbocycles. The lowest BCUT2D eigenvalue weighted by Crippen LogP contribution is -2.62. The van der Waals surface area contributed by atoms with Crippen molar-refractivity contribution in [3.05, 3.63) is 100 Å². The predicted molar refractivity (Wildman–Crippen MR) is 281 cm³/mol. The fourth-order valence-electron chi connectivity index (χ4n) is 10.7. The Balaban J connectivity index is 1.12. The van der Waals surface area contributed by atoms with Crippen molar-refractivity contribution in [1.29, 1.82) is 0 Å². The number of hydrogen-bond acceptors (Lipinski definition) is 9. The van der Waals surface area contributed by atoms with Gasteiger partial charge in [0.25, 0.3) is 0 Å². The fourth-order valence-corrected chi connectivity index (χ4v) is 10.7. The fraction of sp³-hybridized carbons (Fsp3) is 0.554. The van der Waals surface area contributed by atoms with Crippen LogP contribution in [0, 0.1) is 10.8 Å². The number of nitrogens with zero attached hydrogens (tertiary/aromatic N) is 2. The second-order valence-corrected chi connectivity index (χ2v) is 22.6. The summed E-state index contributed by atoms with van der Waals surface area (Å²) < 4.78 is 0. The number of carbonyl (C=O) groups is 7. The molecule has 3 aromatic rings. The zero-order valence-corrected chi connectivity index (χ0v) is 44.4. The summed E-state index contributed by atoms with van der Waals surface area (Å²) in [7, 11) is 3.33. The maximum atomic E-state index is 14.9. The third-order valence-electron chi connectivity index (χ3n) is 15.2. The summed E-state index contributed by atoms with van der Waals surface area (Å²) >= 11 is 0. The van der Waals surface area contributed by atoms with Gasteiger partial charge in [-0.05, 0) is 129 Å². The van der Waals surface area contributed by atoms with Crippen molar-refractivity contribution in [3.8, 4) is 0 Å². The molecule has 73 heavy (non-hydrogen) atoms. The monoisotopic (exact) mass is 1000 g/mol. The molecule has 9 atom stereocenters. The molecule has 0 aromatic heterocycles. The Labute approximate surface area is 430 Å². The molecule has 7 rings (SSSR count). The van der Waals surface area contributed by atoms with Crippen LogP contribution in [0.4, 0.5) is 10.5 Å². The normalized spacial score (nSPS) is 22.2. The number of likely N-dealkylation sites (N-methyl/N-ethyl adjacent to an activating group) is 2. The highest BCUT2D eigenvalue weighted by Crippen LogP contribution is 2.35. The Bertz CT molecular complexity index is 2550.